The van der Waals surface area contributed by atoms with E-state index in [1.165, 1.54) is 23.9 Å². The summed E-state index contributed by atoms with van der Waals surface area (Å²) in [6.45, 7) is 6.28. The highest BCUT2D eigenvalue weighted by Crippen LogP contribution is 2.33. The van der Waals surface area contributed by atoms with E-state index in [2.05, 4.69) is 10.3 Å². The van der Waals surface area contributed by atoms with Gasteiger partial charge in [-0.1, -0.05) is 17.8 Å². The van der Waals surface area contributed by atoms with Crippen LogP contribution in [0.15, 0.2) is 23.2 Å². The maximum absolute atomic E-state index is 14.3. The molecule has 7 nitrogen and oxygen atoms in total. The van der Waals surface area contributed by atoms with Gasteiger partial charge in [-0.15, -0.1) is 0 Å². The van der Waals surface area contributed by atoms with Gasteiger partial charge in [-0.25, -0.2) is 14.2 Å². The highest BCUT2D eigenvalue weighted by Gasteiger charge is 2.31. The van der Waals surface area contributed by atoms with Crippen LogP contribution in [0.4, 0.5) is 14.9 Å². The first-order valence-electron chi connectivity index (χ1n) is 8.44. The molecule has 0 aliphatic carbocycles. The highest BCUT2D eigenvalue weighted by atomic mass is 32.2. The van der Waals surface area contributed by atoms with Crippen molar-refractivity contribution in [3.05, 3.63) is 24.0 Å². The Morgan fingerprint density at radius 1 is 1.48 bits per heavy atom. The number of thioether (sulfide) groups is 1. The summed E-state index contributed by atoms with van der Waals surface area (Å²) < 4.78 is 25.5. The van der Waals surface area contributed by atoms with Gasteiger partial charge in [0.05, 0.1) is 6.54 Å². The summed E-state index contributed by atoms with van der Waals surface area (Å²) in [6, 6.07) is 4.42. The van der Waals surface area contributed by atoms with E-state index in [-0.39, 0.29) is 22.7 Å². The highest BCUT2D eigenvalue weighted by molar-refractivity contribution is 8.13. The molecule has 1 N–H and O–H groups in total. The number of ether oxygens (including phenoxy) is 2. The van der Waals surface area contributed by atoms with Gasteiger partial charge < -0.3 is 14.4 Å². The average molecular weight is 394 g/mol. The number of hydrogen-bond donors (Lipinski definition) is 1. The van der Waals surface area contributed by atoms with Crippen LogP contribution in [-0.4, -0.2) is 47.2 Å². The molecule has 1 aromatic carbocycles. The van der Waals surface area contributed by atoms with E-state index in [1.54, 1.807) is 23.4 Å². The molecule has 1 aliphatic heterocycles. The topological polar surface area (TPSA) is 86.9 Å². The third-order valence-corrected chi connectivity index (χ3v) is 4.19. The van der Waals surface area contributed by atoms with E-state index >= 15 is 0 Å². The number of rotatable bonds is 3. The van der Waals surface area contributed by atoms with Gasteiger partial charge in [0, 0.05) is 13.0 Å². The minimum atomic E-state index is -0.567. The van der Waals surface area contributed by atoms with Crippen LogP contribution in [0.5, 0.6) is 5.75 Å². The predicted octanol–water partition coefficient (Wildman–Crippen LogP) is 3.64. The summed E-state index contributed by atoms with van der Waals surface area (Å²) in [5.41, 5.74) is -0.553. The first-order chi connectivity index (χ1) is 12.7. The van der Waals surface area contributed by atoms with Gasteiger partial charge in [-0.3, -0.25) is 5.32 Å². The minimum absolute atomic E-state index is 0.0142. The van der Waals surface area contributed by atoms with Crippen molar-refractivity contribution in [1.29, 1.82) is 5.26 Å². The van der Waals surface area contributed by atoms with Gasteiger partial charge in [-0.05, 0) is 39.2 Å². The SMILES string of the molecule is CSC(=Nc1c(F)cccc1OC1CCN(C(=O)OC(C)(C)C)C1)NC#N. The van der Waals surface area contributed by atoms with Gasteiger partial charge >= 0.3 is 6.09 Å². The van der Waals surface area contributed by atoms with E-state index in [1.807, 2.05) is 20.8 Å². The summed E-state index contributed by atoms with van der Waals surface area (Å²) in [4.78, 5) is 17.9. The van der Waals surface area contributed by atoms with Gasteiger partial charge in [-0.2, -0.15) is 5.26 Å². The molecule has 1 unspecified atom stereocenters. The van der Waals surface area contributed by atoms with Crippen LogP contribution in [-0.2, 0) is 4.74 Å². The lowest BCUT2D eigenvalue weighted by Gasteiger charge is -2.24. The molecule has 1 fully saturated rings. The minimum Gasteiger partial charge on any atom is -0.486 e. The Kier molecular flexibility index (Phi) is 6.91. The summed E-state index contributed by atoms with van der Waals surface area (Å²) in [6.07, 6.45) is 3.40. The Bertz CT molecular complexity index is 758. The van der Waals surface area contributed by atoms with E-state index in [9.17, 15) is 9.18 Å². The lowest BCUT2D eigenvalue weighted by atomic mass is 10.2. The standard InChI is InChI=1S/C18H23FN4O3S/c1-18(2,3)26-17(24)23-9-8-12(10-23)25-14-7-5-6-13(19)15(14)22-16(27-4)21-11-20/h5-7,12H,8-10H2,1-4H3,(H,21,22). The lowest BCUT2D eigenvalue weighted by Crippen LogP contribution is -2.36. The predicted molar refractivity (Wildman–Crippen MR) is 103 cm³/mol. The monoisotopic (exact) mass is 394 g/mol. The van der Waals surface area contributed by atoms with Crippen LogP contribution in [0.3, 0.4) is 0 Å². The molecule has 1 aliphatic rings. The third-order valence-electron chi connectivity index (χ3n) is 3.61. The van der Waals surface area contributed by atoms with Crippen molar-refractivity contribution in [2.24, 2.45) is 4.99 Å². The summed E-state index contributed by atoms with van der Waals surface area (Å²) in [5.74, 6) is -0.293. The third kappa shape index (κ3) is 6.03. The second-order valence-electron chi connectivity index (χ2n) is 6.90. The number of nitrogens with zero attached hydrogens (tertiary/aromatic N) is 3. The van der Waals surface area contributed by atoms with Crippen molar-refractivity contribution in [2.75, 3.05) is 19.3 Å². The first-order valence-corrected chi connectivity index (χ1v) is 9.67. The molecular formula is C18H23FN4O3S. The molecule has 1 aromatic rings. The van der Waals surface area contributed by atoms with Crippen LogP contribution in [0.25, 0.3) is 0 Å². The van der Waals surface area contributed by atoms with Gasteiger partial charge in [0.1, 0.15) is 23.1 Å². The Morgan fingerprint density at radius 2 is 2.22 bits per heavy atom. The molecule has 0 radical (unpaired) electrons. The molecule has 0 aromatic heterocycles. The normalized spacial score (nSPS) is 17.4. The van der Waals surface area contributed by atoms with E-state index < -0.39 is 17.5 Å². The number of halogens is 1. The number of benzene rings is 1. The van der Waals surface area contributed by atoms with E-state index in [4.69, 9.17) is 14.7 Å². The Labute approximate surface area is 162 Å². The molecule has 0 saturated carbocycles. The summed E-state index contributed by atoms with van der Waals surface area (Å²) in [7, 11) is 0. The largest absolute Gasteiger partial charge is 0.486 e. The first kappa shape index (κ1) is 20.8. The van der Waals surface area contributed by atoms with E-state index in [0.29, 0.717) is 19.5 Å². The van der Waals surface area contributed by atoms with Crippen molar-refractivity contribution in [2.45, 2.75) is 38.9 Å². The molecule has 1 heterocycles. The summed E-state index contributed by atoms with van der Waals surface area (Å²) >= 11 is 1.18. The number of nitrogens with one attached hydrogen (secondary N) is 1. The number of amides is 1. The van der Waals surface area contributed by atoms with E-state index in [0.717, 1.165) is 0 Å². The Balaban J connectivity index is 2.12. The molecule has 1 atom stereocenters. The molecular weight excluding hydrogens is 371 g/mol. The smallest absolute Gasteiger partial charge is 0.410 e. The quantitative estimate of drug-likeness (QED) is 0.365. The van der Waals surface area contributed by atoms with Crippen LogP contribution < -0.4 is 10.1 Å². The second kappa shape index (κ2) is 8.95. The van der Waals surface area contributed by atoms with Crippen molar-refractivity contribution in [3.8, 4) is 11.9 Å². The molecule has 146 valence electrons. The number of likely N-dealkylation sites (tertiary alicyclic amines) is 1. The fraction of sp³-hybridized carbons (Fsp3) is 0.500. The average Bonchev–Trinajstić information content (AvgIpc) is 3.04. The number of nitriles is 1. The number of carbonyl (C=O) groups is 1. The van der Waals surface area contributed by atoms with Crippen LogP contribution in [0, 0.1) is 17.3 Å². The molecule has 27 heavy (non-hydrogen) atoms. The number of amidine groups is 1. The zero-order valence-corrected chi connectivity index (χ0v) is 16.6. The van der Waals surface area contributed by atoms with Crippen molar-refractivity contribution in [3.63, 3.8) is 0 Å². The van der Waals surface area contributed by atoms with Gasteiger partial charge in [0.15, 0.2) is 17.2 Å². The van der Waals surface area contributed by atoms with Crippen molar-refractivity contribution in [1.82, 2.24) is 10.2 Å². The molecule has 0 spiro atoms. The Hall–Kier alpha value is -2.47. The number of hydrogen-bond acceptors (Lipinski definition) is 6. The molecule has 0 bridgehead atoms. The van der Waals surface area contributed by atoms with Crippen molar-refractivity contribution < 1.29 is 18.7 Å². The van der Waals surface area contributed by atoms with Crippen LogP contribution in [0.2, 0.25) is 0 Å². The lowest BCUT2D eigenvalue weighted by molar-refractivity contribution is 0.0276. The molecule has 2 rings (SSSR count). The van der Waals surface area contributed by atoms with Crippen molar-refractivity contribution >= 4 is 28.7 Å². The fourth-order valence-electron chi connectivity index (χ4n) is 2.47. The van der Waals surface area contributed by atoms with Gasteiger partial charge in [0.2, 0.25) is 0 Å². The molecule has 1 amide bonds. The zero-order valence-electron chi connectivity index (χ0n) is 15.8. The number of carbonyl (C=O) groups excluding carboxylic acids is 1. The fourth-order valence-corrected chi connectivity index (χ4v) is 2.80. The molecule has 9 heteroatoms. The number of aliphatic imine (C=N–C) groups is 1. The number of para-hydroxylation sites is 1. The molecule has 1 saturated heterocycles. The van der Waals surface area contributed by atoms with Crippen LogP contribution in [0.1, 0.15) is 27.2 Å². The Morgan fingerprint density at radius 3 is 2.85 bits per heavy atom. The zero-order chi connectivity index (χ0) is 20.0. The van der Waals surface area contributed by atoms with Gasteiger partial charge in [0.25, 0.3) is 0 Å². The second-order valence-corrected chi connectivity index (χ2v) is 7.69. The maximum Gasteiger partial charge on any atom is 0.410 e. The van der Waals surface area contributed by atoms with Crippen LogP contribution >= 0.6 is 11.8 Å². The summed E-state index contributed by atoms with van der Waals surface area (Å²) in [5, 5.41) is 11.4. The maximum atomic E-state index is 14.3.